The Morgan fingerprint density at radius 1 is 1.39 bits per heavy atom. The number of fused-ring (bicyclic) bond motifs is 1. The van der Waals surface area contributed by atoms with Gasteiger partial charge < -0.3 is 10.6 Å². The Morgan fingerprint density at radius 3 is 2.94 bits per heavy atom. The third-order valence-electron chi connectivity index (χ3n) is 3.54. The topological polar surface area (TPSA) is 41.1 Å². The average Bonchev–Trinajstić information content (AvgIpc) is 2.83. The molecule has 18 heavy (non-hydrogen) atoms. The molecule has 98 valence electrons. The van der Waals surface area contributed by atoms with Crippen LogP contribution in [0.25, 0.3) is 0 Å². The van der Waals surface area contributed by atoms with Gasteiger partial charge in [0.05, 0.1) is 0 Å². The molecule has 0 radical (unpaired) electrons. The molecule has 0 aliphatic carbocycles. The van der Waals surface area contributed by atoms with E-state index in [4.69, 9.17) is 0 Å². The summed E-state index contributed by atoms with van der Waals surface area (Å²) in [4.78, 5) is 11.8. The number of benzene rings is 1. The molecular formula is C15H22N2O. The van der Waals surface area contributed by atoms with Crippen molar-refractivity contribution in [1.29, 1.82) is 0 Å². The Kier molecular flexibility index (Phi) is 4.37. The SMILES string of the molecule is CCCC(C)C(=O)NCc1ccc2c(c1)CNC2. The van der Waals surface area contributed by atoms with Gasteiger partial charge in [0.1, 0.15) is 0 Å². The third kappa shape index (κ3) is 3.10. The predicted molar refractivity (Wildman–Crippen MR) is 72.9 cm³/mol. The largest absolute Gasteiger partial charge is 0.352 e. The zero-order chi connectivity index (χ0) is 13.0. The highest BCUT2D eigenvalue weighted by molar-refractivity contribution is 5.78. The van der Waals surface area contributed by atoms with Gasteiger partial charge in [0.2, 0.25) is 5.91 Å². The van der Waals surface area contributed by atoms with Gasteiger partial charge >= 0.3 is 0 Å². The molecular weight excluding hydrogens is 224 g/mol. The molecule has 2 N–H and O–H groups in total. The van der Waals surface area contributed by atoms with Crippen LogP contribution in [0.4, 0.5) is 0 Å². The minimum Gasteiger partial charge on any atom is -0.352 e. The van der Waals surface area contributed by atoms with Crippen molar-refractivity contribution in [3.8, 4) is 0 Å². The fourth-order valence-electron chi connectivity index (χ4n) is 2.39. The number of nitrogens with one attached hydrogen (secondary N) is 2. The second-order valence-electron chi connectivity index (χ2n) is 5.11. The van der Waals surface area contributed by atoms with Crippen LogP contribution in [0, 0.1) is 5.92 Å². The quantitative estimate of drug-likeness (QED) is 0.837. The molecule has 3 nitrogen and oxygen atoms in total. The molecule has 1 heterocycles. The van der Waals surface area contributed by atoms with E-state index in [0.717, 1.165) is 25.9 Å². The Morgan fingerprint density at radius 2 is 2.17 bits per heavy atom. The minimum atomic E-state index is 0.117. The molecule has 0 bridgehead atoms. The van der Waals surface area contributed by atoms with Crippen molar-refractivity contribution in [3.63, 3.8) is 0 Å². The fraction of sp³-hybridized carbons (Fsp3) is 0.533. The molecule has 1 unspecified atom stereocenters. The maximum absolute atomic E-state index is 11.8. The Bertz CT molecular complexity index is 429. The lowest BCUT2D eigenvalue weighted by Crippen LogP contribution is -2.28. The molecule has 2 rings (SSSR count). The summed E-state index contributed by atoms with van der Waals surface area (Å²) in [5.41, 5.74) is 3.93. The predicted octanol–water partition coefficient (Wildman–Crippen LogP) is 2.34. The first-order chi connectivity index (χ1) is 8.70. The van der Waals surface area contributed by atoms with Crippen LogP contribution in [0.15, 0.2) is 18.2 Å². The second kappa shape index (κ2) is 6.01. The number of carbonyl (C=O) groups excluding carboxylic acids is 1. The number of hydrogen-bond acceptors (Lipinski definition) is 2. The van der Waals surface area contributed by atoms with Crippen molar-refractivity contribution in [2.24, 2.45) is 5.92 Å². The molecule has 1 aromatic rings. The highest BCUT2D eigenvalue weighted by Crippen LogP contribution is 2.17. The number of amides is 1. The van der Waals surface area contributed by atoms with Crippen LogP contribution in [-0.4, -0.2) is 5.91 Å². The third-order valence-corrected chi connectivity index (χ3v) is 3.54. The Hall–Kier alpha value is -1.35. The van der Waals surface area contributed by atoms with Gasteiger partial charge in [-0.3, -0.25) is 4.79 Å². The standard InChI is InChI=1S/C15H22N2O/c1-3-4-11(2)15(18)17-8-12-5-6-13-9-16-10-14(13)7-12/h5-7,11,16H,3-4,8-10H2,1-2H3,(H,17,18). The van der Waals surface area contributed by atoms with E-state index in [1.165, 1.54) is 16.7 Å². The van der Waals surface area contributed by atoms with Crippen LogP contribution in [-0.2, 0) is 24.4 Å². The van der Waals surface area contributed by atoms with Crippen molar-refractivity contribution in [1.82, 2.24) is 10.6 Å². The zero-order valence-electron chi connectivity index (χ0n) is 11.3. The summed E-state index contributed by atoms with van der Waals surface area (Å²) in [6.45, 7) is 6.65. The highest BCUT2D eigenvalue weighted by Gasteiger charge is 2.13. The van der Waals surface area contributed by atoms with E-state index in [1.54, 1.807) is 0 Å². The van der Waals surface area contributed by atoms with Crippen LogP contribution >= 0.6 is 0 Å². The van der Waals surface area contributed by atoms with Crippen LogP contribution in [0.3, 0.4) is 0 Å². The summed E-state index contributed by atoms with van der Waals surface area (Å²) in [7, 11) is 0. The summed E-state index contributed by atoms with van der Waals surface area (Å²) in [5, 5.41) is 6.34. The van der Waals surface area contributed by atoms with Crippen LogP contribution in [0.5, 0.6) is 0 Å². The van der Waals surface area contributed by atoms with Crippen molar-refractivity contribution >= 4 is 5.91 Å². The van der Waals surface area contributed by atoms with Gasteiger partial charge in [-0.15, -0.1) is 0 Å². The molecule has 0 aromatic heterocycles. The maximum atomic E-state index is 11.8. The monoisotopic (exact) mass is 246 g/mol. The van der Waals surface area contributed by atoms with Gasteiger partial charge in [0.25, 0.3) is 0 Å². The molecule has 0 fully saturated rings. The molecule has 3 heteroatoms. The average molecular weight is 246 g/mol. The summed E-state index contributed by atoms with van der Waals surface area (Å²) in [6.07, 6.45) is 2.01. The number of rotatable bonds is 5. The lowest BCUT2D eigenvalue weighted by molar-refractivity contribution is -0.124. The van der Waals surface area contributed by atoms with Crippen molar-refractivity contribution in [3.05, 3.63) is 34.9 Å². The number of carbonyl (C=O) groups is 1. The lowest BCUT2D eigenvalue weighted by atomic mass is 10.0. The first-order valence-corrected chi connectivity index (χ1v) is 6.79. The lowest BCUT2D eigenvalue weighted by Gasteiger charge is -2.11. The Balaban J connectivity index is 1.88. The van der Waals surface area contributed by atoms with Crippen molar-refractivity contribution in [2.75, 3.05) is 0 Å². The summed E-state index contributed by atoms with van der Waals surface area (Å²) < 4.78 is 0. The number of hydrogen-bond donors (Lipinski definition) is 2. The van der Waals surface area contributed by atoms with E-state index < -0.39 is 0 Å². The minimum absolute atomic E-state index is 0.117. The molecule has 1 amide bonds. The van der Waals surface area contributed by atoms with E-state index in [2.05, 4.69) is 35.8 Å². The van der Waals surface area contributed by atoms with Gasteiger partial charge in [0, 0.05) is 25.6 Å². The van der Waals surface area contributed by atoms with Crippen molar-refractivity contribution in [2.45, 2.75) is 46.3 Å². The molecule has 1 aliphatic rings. The molecule has 0 spiro atoms. The van der Waals surface area contributed by atoms with E-state index in [9.17, 15) is 4.79 Å². The normalized spacial score (nSPS) is 15.2. The van der Waals surface area contributed by atoms with E-state index in [0.29, 0.717) is 6.54 Å². The second-order valence-corrected chi connectivity index (χ2v) is 5.11. The fourth-order valence-corrected chi connectivity index (χ4v) is 2.39. The summed E-state index contributed by atoms with van der Waals surface area (Å²) in [6, 6.07) is 6.46. The summed E-state index contributed by atoms with van der Waals surface area (Å²) in [5.74, 6) is 0.279. The molecule has 0 saturated heterocycles. The van der Waals surface area contributed by atoms with Gasteiger partial charge in [-0.2, -0.15) is 0 Å². The highest BCUT2D eigenvalue weighted by atomic mass is 16.1. The molecule has 1 aromatic carbocycles. The van der Waals surface area contributed by atoms with E-state index >= 15 is 0 Å². The first kappa shape index (κ1) is 13.1. The van der Waals surface area contributed by atoms with Crippen LogP contribution < -0.4 is 10.6 Å². The molecule has 1 atom stereocenters. The van der Waals surface area contributed by atoms with E-state index in [-0.39, 0.29) is 11.8 Å². The molecule has 1 aliphatic heterocycles. The smallest absolute Gasteiger partial charge is 0.223 e. The van der Waals surface area contributed by atoms with Crippen molar-refractivity contribution < 1.29 is 4.79 Å². The maximum Gasteiger partial charge on any atom is 0.223 e. The van der Waals surface area contributed by atoms with Crippen LogP contribution in [0.2, 0.25) is 0 Å². The Labute approximate surface area is 109 Å². The van der Waals surface area contributed by atoms with Crippen LogP contribution in [0.1, 0.15) is 43.4 Å². The van der Waals surface area contributed by atoms with Gasteiger partial charge in [-0.1, -0.05) is 38.5 Å². The zero-order valence-corrected chi connectivity index (χ0v) is 11.3. The molecule has 0 saturated carbocycles. The van der Waals surface area contributed by atoms with Gasteiger partial charge in [0.15, 0.2) is 0 Å². The first-order valence-electron chi connectivity index (χ1n) is 6.79. The summed E-state index contributed by atoms with van der Waals surface area (Å²) >= 11 is 0. The van der Waals surface area contributed by atoms with E-state index in [1.807, 2.05) is 6.92 Å². The van der Waals surface area contributed by atoms with Gasteiger partial charge in [-0.25, -0.2) is 0 Å². The van der Waals surface area contributed by atoms with Gasteiger partial charge in [-0.05, 0) is 23.1 Å².